The van der Waals surface area contributed by atoms with E-state index in [-0.39, 0.29) is 90.3 Å². The number of rotatable bonds is 16. The normalized spacial score (nSPS) is 11.8. The van der Waals surface area contributed by atoms with Gasteiger partial charge in [0.05, 0.1) is 18.1 Å². The second kappa shape index (κ2) is 29.6. The lowest BCUT2D eigenvalue weighted by Crippen LogP contribution is -2.35. The van der Waals surface area contributed by atoms with Crippen molar-refractivity contribution in [1.29, 1.82) is 0 Å². The Morgan fingerprint density at radius 2 is 1.10 bits per heavy atom. The van der Waals surface area contributed by atoms with Crippen LogP contribution < -0.4 is 37.9 Å². The third-order valence-electron chi connectivity index (χ3n) is 5.12. The minimum Gasteiger partial charge on any atom is -0.359 e. The lowest BCUT2D eigenvalue weighted by Gasteiger charge is -2.11. The van der Waals surface area contributed by atoms with E-state index in [1.165, 1.54) is 27.0 Å². The van der Waals surface area contributed by atoms with Crippen molar-refractivity contribution in [1.82, 2.24) is 32.0 Å². The van der Waals surface area contributed by atoms with Crippen LogP contribution in [-0.4, -0.2) is 89.8 Å². The van der Waals surface area contributed by atoms with Gasteiger partial charge in [-0.2, -0.15) is 0 Å². The molecule has 0 aliphatic heterocycles. The molecular formula is C25H53BN7O6. The van der Waals surface area contributed by atoms with Crippen LogP contribution in [0.4, 0.5) is 0 Å². The van der Waals surface area contributed by atoms with Crippen molar-refractivity contribution in [2.45, 2.75) is 84.8 Å². The van der Waals surface area contributed by atoms with Gasteiger partial charge in [0.25, 0.3) is 0 Å². The monoisotopic (exact) mass is 560 g/mol. The molecular weight excluding hydrogens is 505 g/mol. The highest BCUT2D eigenvalue weighted by Crippen LogP contribution is 1.99. The third kappa shape index (κ3) is 27.9. The molecule has 0 aromatic rings. The first-order chi connectivity index (χ1) is 17.8. The molecule has 0 aliphatic carbocycles. The first-order valence-corrected chi connectivity index (χ1v) is 11.8. The standard InChI is InChI=1S/C9H16N2O2.C8H16N2O2.C7H15N3O2.CH4.B.H2/c1-4-11-9(13)6-5-8(10-3)7(2)12;1-6(11)7(9-2)4-5-8(12)10-3;1-5(11)6(9-2)3-4-7(12)10-8;;;/h4,8,10H,1,5-6H2,2-3H3,(H,11,13);7,9H,4-5H2,1-3H3,(H,10,12);6,9H,3-4,8H2,1-2H3,(H,10,12);1H4;;1H/i;3D;;;;1+1. The average Bonchev–Trinajstić information content (AvgIpc) is 2.85. The Bertz CT molecular complexity index is 764. The van der Waals surface area contributed by atoms with Gasteiger partial charge in [0.2, 0.25) is 17.7 Å². The number of nitrogens with one attached hydrogen (secondary N) is 6. The summed E-state index contributed by atoms with van der Waals surface area (Å²) in [6, 6.07) is -0.727. The summed E-state index contributed by atoms with van der Waals surface area (Å²) in [6.07, 6.45) is 3.70. The third-order valence-corrected chi connectivity index (χ3v) is 5.12. The minimum atomic E-state index is -0.253. The summed E-state index contributed by atoms with van der Waals surface area (Å²) in [5, 5.41) is 13.3. The highest BCUT2D eigenvalue weighted by molar-refractivity contribution is 5.84. The van der Waals surface area contributed by atoms with Crippen molar-refractivity contribution in [2.75, 3.05) is 28.2 Å². The summed E-state index contributed by atoms with van der Waals surface area (Å²) in [5.41, 5.74) is 2.01. The maximum Gasteiger partial charge on any atom is 0.233 e. The summed E-state index contributed by atoms with van der Waals surface area (Å²) in [7, 11) is 4.97. The number of carbonyl (C=O) groups excluding carboxylic acids is 6. The zero-order valence-electron chi connectivity index (χ0n) is 24.6. The van der Waals surface area contributed by atoms with Crippen LogP contribution in [0.2, 0.25) is 0 Å². The second-order valence-corrected chi connectivity index (χ2v) is 7.91. The topological polar surface area (TPSA) is 201 Å². The molecule has 3 radical (unpaired) electrons. The molecule has 3 amide bonds. The summed E-state index contributed by atoms with van der Waals surface area (Å²) < 4.78 is 6.73. The van der Waals surface area contributed by atoms with E-state index >= 15 is 0 Å². The van der Waals surface area contributed by atoms with E-state index in [9.17, 15) is 28.8 Å². The van der Waals surface area contributed by atoms with E-state index < -0.39 is 0 Å². The molecule has 8 N–H and O–H groups in total. The molecule has 0 aromatic carbocycles. The number of amides is 3. The fourth-order valence-corrected chi connectivity index (χ4v) is 2.83. The molecule has 0 saturated carbocycles. The molecule has 0 aliphatic rings. The molecule has 0 spiro atoms. The maximum atomic E-state index is 11.0. The van der Waals surface area contributed by atoms with Gasteiger partial charge in [-0.15, -0.1) is 0 Å². The number of hydrogen-bond donors (Lipinski definition) is 7. The van der Waals surface area contributed by atoms with Crippen molar-refractivity contribution >= 4 is 43.5 Å². The number of carbonyl (C=O) groups is 6. The van der Waals surface area contributed by atoms with E-state index in [4.69, 9.17) is 7.21 Å². The van der Waals surface area contributed by atoms with E-state index in [2.05, 4.69) is 33.2 Å². The van der Waals surface area contributed by atoms with Crippen LogP contribution >= 0.6 is 0 Å². The highest BCUT2D eigenvalue weighted by atomic mass is 16.2. The molecule has 3 atom stereocenters. The van der Waals surface area contributed by atoms with Crippen molar-refractivity contribution in [3.05, 3.63) is 12.8 Å². The van der Waals surface area contributed by atoms with Gasteiger partial charge in [-0.3, -0.25) is 34.2 Å². The zero-order chi connectivity index (χ0) is 30.1. The first-order valence-electron chi connectivity index (χ1n) is 12.5. The largest absolute Gasteiger partial charge is 0.359 e. The molecule has 0 aromatic heterocycles. The van der Waals surface area contributed by atoms with E-state index in [1.807, 2.05) is 5.43 Å². The number of ketones is 3. The fourth-order valence-electron chi connectivity index (χ4n) is 2.83. The Labute approximate surface area is 239 Å². The van der Waals surface area contributed by atoms with Crippen LogP contribution in [0.25, 0.3) is 0 Å². The molecule has 227 valence electrons. The van der Waals surface area contributed by atoms with Gasteiger partial charge in [0.15, 0.2) is 0 Å². The van der Waals surface area contributed by atoms with Gasteiger partial charge in [-0.25, -0.2) is 5.84 Å². The Balaban J connectivity index is -0.000000108. The van der Waals surface area contributed by atoms with Gasteiger partial charge >= 0.3 is 0 Å². The first kappa shape index (κ1) is 43.1. The number of Topliss-reactive ketones (excluding diaryl/α,β-unsaturated/α-hetero) is 3. The Morgan fingerprint density at radius 3 is 1.36 bits per heavy atom. The second-order valence-electron chi connectivity index (χ2n) is 7.91. The van der Waals surface area contributed by atoms with Gasteiger partial charge in [0, 0.05) is 37.5 Å². The number of hydrazine groups is 1. The predicted molar refractivity (Wildman–Crippen MR) is 158 cm³/mol. The molecule has 0 fully saturated rings. The predicted octanol–water partition coefficient (Wildman–Crippen LogP) is -0.672. The molecule has 13 nitrogen and oxygen atoms in total. The summed E-state index contributed by atoms with van der Waals surface area (Å²) in [4.78, 5) is 65.3. The van der Waals surface area contributed by atoms with Crippen LogP contribution in [0.3, 0.4) is 0 Å². The van der Waals surface area contributed by atoms with Crippen molar-refractivity contribution in [3.63, 3.8) is 0 Å². The Hall–Kier alpha value is -2.94. The molecule has 14 heteroatoms. The van der Waals surface area contributed by atoms with Crippen LogP contribution in [0.5, 0.6) is 0 Å². The molecule has 0 rings (SSSR count). The van der Waals surface area contributed by atoms with Crippen LogP contribution in [-0.2, 0) is 28.8 Å². The number of hydrogen-bond acceptors (Lipinski definition) is 10. The molecule has 0 bridgehead atoms. The Kier molecular flexibility index (Phi) is 32.8. The average molecular weight is 561 g/mol. The van der Waals surface area contributed by atoms with Gasteiger partial charge < -0.3 is 26.6 Å². The van der Waals surface area contributed by atoms with Gasteiger partial charge in [-0.1, -0.05) is 14.0 Å². The molecule has 39 heavy (non-hydrogen) atoms. The van der Waals surface area contributed by atoms with E-state index in [0.29, 0.717) is 25.7 Å². The van der Waals surface area contributed by atoms with E-state index in [0.717, 1.165) is 0 Å². The lowest BCUT2D eigenvalue weighted by atomic mass is 10.1. The summed E-state index contributed by atoms with van der Waals surface area (Å²) in [5.74, 6) is 4.43. The maximum absolute atomic E-state index is 11.0. The SMILES string of the molecule is C.C=CNC(=O)CCC(NC)C(C)=O.CNC(CCC(=O)NN)C(C)=O.[2HH].[2H]CNC(=O)CCC(NC)C(C)=O.[B]. The van der Waals surface area contributed by atoms with Crippen molar-refractivity contribution in [2.24, 2.45) is 5.84 Å². The minimum absolute atomic E-state index is 0. The number of nitrogens with two attached hydrogens (primary N) is 1. The van der Waals surface area contributed by atoms with Gasteiger partial charge in [0.1, 0.15) is 17.3 Å². The van der Waals surface area contributed by atoms with Crippen molar-refractivity contribution in [3.8, 4) is 0 Å². The molecule has 0 heterocycles. The fraction of sp³-hybridized carbons (Fsp3) is 0.680. The molecule has 0 saturated heterocycles. The van der Waals surface area contributed by atoms with Crippen LogP contribution in [0, 0.1) is 0 Å². The van der Waals surface area contributed by atoms with Crippen molar-refractivity contribution < 1.29 is 31.6 Å². The summed E-state index contributed by atoms with van der Waals surface area (Å²) in [6.45, 7) is 7.85. The Morgan fingerprint density at radius 1 is 0.769 bits per heavy atom. The number of likely N-dealkylation sites (N-methyl/N-ethyl adjacent to an activating group) is 3. The van der Waals surface area contributed by atoms with Crippen LogP contribution in [0.1, 0.15) is 69.5 Å². The zero-order valence-corrected chi connectivity index (χ0v) is 23.6. The van der Waals surface area contributed by atoms with Crippen LogP contribution in [0.15, 0.2) is 12.8 Å². The summed E-state index contributed by atoms with van der Waals surface area (Å²) >= 11 is 0. The highest BCUT2D eigenvalue weighted by Gasteiger charge is 2.14. The lowest BCUT2D eigenvalue weighted by molar-refractivity contribution is -0.123. The van der Waals surface area contributed by atoms with Gasteiger partial charge in [-0.05, 0) is 67.4 Å². The smallest absolute Gasteiger partial charge is 0.233 e. The van der Waals surface area contributed by atoms with E-state index in [1.54, 1.807) is 21.1 Å². The quantitative estimate of drug-likeness (QED) is 0.0549. The molecule has 3 unspecified atom stereocenters.